The minimum atomic E-state index is -1.83. The number of rotatable bonds is 12. The summed E-state index contributed by atoms with van der Waals surface area (Å²) >= 11 is 0. The Morgan fingerprint density at radius 2 is 1.94 bits per heavy atom. The van der Waals surface area contributed by atoms with Crippen molar-refractivity contribution in [2.75, 3.05) is 57.1 Å². The maximum Gasteiger partial charge on any atom is 0.168 e. The van der Waals surface area contributed by atoms with E-state index in [0.29, 0.717) is 12.0 Å². The molecule has 6 N–H and O–H groups in total. The fourth-order valence-corrected chi connectivity index (χ4v) is 6.32. The molecular weight excluding hydrogens is 602 g/mol. The smallest absolute Gasteiger partial charge is 0.168 e. The summed E-state index contributed by atoms with van der Waals surface area (Å²) in [6.07, 6.45) is -0.461. The van der Waals surface area contributed by atoms with E-state index in [2.05, 4.69) is 26.3 Å². The number of aromatic nitrogens is 3. The van der Waals surface area contributed by atoms with Gasteiger partial charge in [-0.2, -0.15) is 5.26 Å². The van der Waals surface area contributed by atoms with Gasteiger partial charge in [-0.25, -0.2) is 9.97 Å². The first kappa shape index (κ1) is 32.6. The normalized spacial score (nSPS) is 23.2. The van der Waals surface area contributed by atoms with Crippen LogP contribution in [-0.4, -0.2) is 98.6 Å². The maximum atomic E-state index is 11.4. The Kier molecular flexibility index (Phi) is 9.88. The summed E-state index contributed by atoms with van der Waals surface area (Å²) in [5.41, 5.74) is 7.67. The van der Waals surface area contributed by atoms with Crippen molar-refractivity contribution in [1.29, 1.82) is 5.26 Å². The van der Waals surface area contributed by atoms with Crippen LogP contribution in [0.2, 0.25) is 0 Å². The highest BCUT2D eigenvalue weighted by Crippen LogP contribution is 2.44. The monoisotopic (exact) mass is 643 g/mol. The van der Waals surface area contributed by atoms with Crippen LogP contribution in [0.4, 0.5) is 11.6 Å². The molecule has 13 nitrogen and oxygen atoms in total. The molecule has 2 fully saturated rings. The molecule has 0 aliphatic carbocycles. The average Bonchev–Trinajstić information content (AvgIpc) is 3.53. The van der Waals surface area contributed by atoms with Crippen molar-refractivity contribution in [3.63, 3.8) is 0 Å². The summed E-state index contributed by atoms with van der Waals surface area (Å²) in [6.45, 7) is 6.24. The van der Waals surface area contributed by atoms with E-state index in [1.165, 1.54) is 17.8 Å². The second-order valence-corrected chi connectivity index (χ2v) is 12.1. The van der Waals surface area contributed by atoms with Gasteiger partial charge in [-0.05, 0) is 43.5 Å². The molecule has 6 rings (SSSR count). The number of nitrogens with zero attached hydrogens (tertiary/aromatic N) is 5. The van der Waals surface area contributed by atoms with Crippen LogP contribution in [0.15, 0.2) is 54.9 Å². The zero-order chi connectivity index (χ0) is 33.0. The predicted octanol–water partition coefficient (Wildman–Crippen LogP) is 2.66. The number of hydrogen-bond acceptors (Lipinski definition) is 12. The molecule has 47 heavy (non-hydrogen) atoms. The first-order valence-electron chi connectivity index (χ1n) is 15.9. The van der Waals surface area contributed by atoms with Gasteiger partial charge in [0.1, 0.15) is 53.2 Å². The molecular formula is C34H41N7O6. The molecule has 2 aliphatic heterocycles. The van der Waals surface area contributed by atoms with Crippen LogP contribution < -0.4 is 15.8 Å². The van der Waals surface area contributed by atoms with E-state index in [1.54, 1.807) is 0 Å². The van der Waals surface area contributed by atoms with Gasteiger partial charge < -0.3 is 40.6 Å². The van der Waals surface area contributed by atoms with Gasteiger partial charge in [0.25, 0.3) is 0 Å². The molecule has 0 bridgehead atoms. The van der Waals surface area contributed by atoms with Gasteiger partial charge in [0.15, 0.2) is 11.9 Å². The molecule has 4 aromatic rings. The molecule has 0 unspecified atom stereocenters. The number of fused-ring (bicyclic) bond motifs is 1. The van der Waals surface area contributed by atoms with Crippen molar-refractivity contribution in [3.8, 4) is 22.9 Å². The third-order valence-corrected chi connectivity index (χ3v) is 8.91. The second kappa shape index (κ2) is 14.2. The third kappa shape index (κ3) is 6.62. The van der Waals surface area contributed by atoms with Crippen molar-refractivity contribution >= 4 is 22.7 Å². The number of anilines is 2. The quantitative estimate of drug-likeness (QED) is 0.143. The van der Waals surface area contributed by atoms with Crippen molar-refractivity contribution in [2.45, 2.75) is 50.3 Å². The van der Waals surface area contributed by atoms with Crippen LogP contribution in [0.1, 0.15) is 37.1 Å². The molecule has 0 saturated carbocycles. The highest BCUT2D eigenvalue weighted by Gasteiger charge is 2.54. The lowest BCUT2D eigenvalue weighted by molar-refractivity contribution is -0.0939. The molecule has 4 heterocycles. The number of nitrogen functional groups attached to an aromatic ring is 1. The van der Waals surface area contributed by atoms with Crippen LogP contribution in [0.5, 0.6) is 5.75 Å². The number of unbranched alkanes of at least 4 members (excludes halogenated alkanes) is 1. The highest BCUT2D eigenvalue weighted by molar-refractivity contribution is 5.97. The van der Waals surface area contributed by atoms with Gasteiger partial charge in [-0.1, -0.05) is 42.5 Å². The van der Waals surface area contributed by atoms with E-state index in [4.69, 9.17) is 19.9 Å². The number of aliphatic hydroxyl groups excluding tert-OH is 2. The Morgan fingerprint density at radius 1 is 1.15 bits per heavy atom. The molecule has 2 saturated heterocycles. The lowest BCUT2D eigenvalue weighted by Gasteiger charge is -2.29. The third-order valence-electron chi connectivity index (χ3n) is 8.91. The summed E-state index contributed by atoms with van der Waals surface area (Å²) in [5.74, 6) is 1.11. The summed E-state index contributed by atoms with van der Waals surface area (Å²) < 4.78 is 19.3. The largest absolute Gasteiger partial charge is 0.493 e. The van der Waals surface area contributed by atoms with E-state index in [9.17, 15) is 20.6 Å². The number of aliphatic hydroxyl groups is 3. The Morgan fingerprint density at radius 3 is 2.66 bits per heavy atom. The number of nitriles is 1. The summed E-state index contributed by atoms with van der Waals surface area (Å²) in [4.78, 5) is 10.9. The lowest BCUT2D eigenvalue weighted by atomic mass is 9.96. The minimum absolute atomic E-state index is 0.0850. The summed E-state index contributed by atoms with van der Waals surface area (Å²) in [6, 6.07) is 18.2. The number of benzene rings is 2. The van der Waals surface area contributed by atoms with E-state index >= 15 is 0 Å². The standard InChI is InChI=1S/C34H41N7O6/c1-34(44)29(43)27(20-42)47-33(34)41-31(25(18-35)28-30(36)38-21-39-32(28)41)37-19-22-9-10-24(23-7-3-2-4-8-23)26(17-22)46-14-6-5-11-40-12-15-45-16-13-40/h2-4,7-10,17,21,27,29,33,37,42-44H,5-6,11-16,19-20H2,1H3,(H2,36,38,39)/t27-,29-,33-,34-/m1/s1. The molecule has 13 heteroatoms. The van der Waals surface area contributed by atoms with Crippen molar-refractivity contribution in [3.05, 3.63) is 66.0 Å². The maximum absolute atomic E-state index is 11.4. The Labute approximate surface area is 273 Å². The summed E-state index contributed by atoms with van der Waals surface area (Å²) in [7, 11) is 0. The average molecular weight is 644 g/mol. The number of hydrogen-bond donors (Lipinski definition) is 5. The van der Waals surface area contributed by atoms with Crippen molar-refractivity contribution in [1.82, 2.24) is 19.4 Å². The van der Waals surface area contributed by atoms with Gasteiger partial charge in [0.2, 0.25) is 0 Å². The molecule has 2 aromatic heterocycles. The topological polar surface area (TPSA) is 184 Å². The van der Waals surface area contributed by atoms with Crippen molar-refractivity contribution < 1.29 is 29.5 Å². The molecule has 4 atom stereocenters. The van der Waals surface area contributed by atoms with Gasteiger partial charge in [0.05, 0.1) is 31.8 Å². The number of nitrogens with two attached hydrogens (primary N) is 1. The lowest BCUT2D eigenvalue weighted by Crippen LogP contribution is -2.44. The second-order valence-electron chi connectivity index (χ2n) is 12.1. The number of nitrogens with one attached hydrogen (secondary N) is 1. The zero-order valence-electron chi connectivity index (χ0n) is 26.4. The fourth-order valence-electron chi connectivity index (χ4n) is 6.32. The summed E-state index contributed by atoms with van der Waals surface area (Å²) in [5, 5.41) is 45.8. The Balaban J connectivity index is 1.28. The Hall–Kier alpha value is -4.29. The van der Waals surface area contributed by atoms with E-state index in [1.807, 2.05) is 48.5 Å². The first-order valence-corrected chi connectivity index (χ1v) is 15.9. The van der Waals surface area contributed by atoms with E-state index in [0.717, 1.165) is 68.1 Å². The first-order chi connectivity index (χ1) is 22.8. The predicted molar refractivity (Wildman–Crippen MR) is 175 cm³/mol. The van der Waals surface area contributed by atoms with Crippen LogP contribution in [-0.2, 0) is 16.0 Å². The SMILES string of the molecule is C[C@@]1(O)[C@H](O)[C@@H](CO)O[C@H]1n1c(NCc2ccc(-c3ccccc3)c(OCCCCN3CCOCC3)c2)c(C#N)c2c(N)ncnc21. The minimum Gasteiger partial charge on any atom is -0.493 e. The molecule has 2 aromatic carbocycles. The number of morpholine rings is 1. The van der Waals surface area contributed by atoms with Crippen LogP contribution in [0.3, 0.4) is 0 Å². The van der Waals surface area contributed by atoms with Gasteiger partial charge in [-0.15, -0.1) is 0 Å². The zero-order valence-corrected chi connectivity index (χ0v) is 26.4. The van der Waals surface area contributed by atoms with Gasteiger partial charge in [0, 0.05) is 25.2 Å². The van der Waals surface area contributed by atoms with Crippen LogP contribution in [0, 0.1) is 11.3 Å². The molecule has 248 valence electrons. The number of ether oxygens (including phenoxy) is 3. The Bertz CT molecular complexity index is 1720. The van der Waals surface area contributed by atoms with Crippen molar-refractivity contribution in [2.24, 2.45) is 0 Å². The highest BCUT2D eigenvalue weighted by atomic mass is 16.6. The van der Waals surface area contributed by atoms with Crippen LogP contribution in [0.25, 0.3) is 22.2 Å². The fraction of sp³-hybridized carbons (Fsp3) is 0.441. The molecule has 2 aliphatic rings. The van der Waals surface area contributed by atoms with Crippen LogP contribution >= 0.6 is 0 Å². The molecule has 0 spiro atoms. The molecule has 0 amide bonds. The van der Waals surface area contributed by atoms with E-state index in [-0.39, 0.29) is 29.4 Å². The van der Waals surface area contributed by atoms with E-state index < -0.39 is 30.6 Å². The molecule has 0 radical (unpaired) electrons. The van der Waals surface area contributed by atoms with Gasteiger partial charge in [-0.3, -0.25) is 9.47 Å². The van der Waals surface area contributed by atoms with Gasteiger partial charge >= 0.3 is 0 Å².